The Hall–Kier alpha value is -2.88. The summed E-state index contributed by atoms with van der Waals surface area (Å²) in [6.45, 7) is 0. The molecule has 0 aliphatic heterocycles. The van der Waals surface area contributed by atoms with Crippen molar-refractivity contribution in [1.82, 2.24) is 4.98 Å². The minimum atomic E-state index is -0.416. The van der Waals surface area contributed by atoms with Gasteiger partial charge in [0.05, 0.1) is 20.9 Å². The van der Waals surface area contributed by atoms with E-state index in [4.69, 9.17) is 0 Å². The van der Waals surface area contributed by atoms with Crippen molar-refractivity contribution in [3.05, 3.63) is 82.9 Å². The van der Waals surface area contributed by atoms with Gasteiger partial charge in [0.2, 0.25) is 5.91 Å². The van der Waals surface area contributed by atoms with Gasteiger partial charge in [0.15, 0.2) is 4.34 Å². The maximum Gasteiger partial charge on any atom is 0.269 e. The zero-order valence-electron chi connectivity index (χ0n) is 15.5. The van der Waals surface area contributed by atoms with Crippen molar-refractivity contribution in [3.8, 4) is 0 Å². The topological polar surface area (TPSA) is 85.1 Å². The number of para-hydroxylation sites is 1. The number of non-ortho nitro benzene ring substituents is 1. The van der Waals surface area contributed by atoms with Crippen molar-refractivity contribution in [2.24, 2.45) is 0 Å². The van der Waals surface area contributed by atoms with Crippen LogP contribution in [0.2, 0.25) is 0 Å². The first-order valence-electron chi connectivity index (χ1n) is 8.87. The molecule has 30 heavy (non-hydrogen) atoms. The summed E-state index contributed by atoms with van der Waals surface area (Å²) < 4.78 is 1.99. The number of rotatable bonds is 7. The number of nitrogens with one attached hydrogen (secondary N) is 1. The number of benzene rings is 3. The molecular formula is C21H15N3O3S3. The first-order valence-corrected chi connectivity index (χ1v) is 11.5. The van der Waals surface area contributed by atoms with Crippen molar-refractivity contribution < 1.29 is 9.72 Å². The van der Waals surface area contributed by atoms with E-state index in [0.717, 1.165) is 30.0 Å². The molecule has 0 saturated heterocycles. The molecule has 150 valence electrons. The maximum absolute atomic E-state index is 12.2. The fourth-order valence-corrected chi connectivity index (χ4v) is 5.30. The molecule has 1 amide bonds. The highest BCUT2D eigenvalue weighted by molar-refractivity contribution is 8.01. The van der Waals surface area contributed by atoms with Crippen molar-refractivity contribution in [3.63, 3.8) is 0 Å². The van der Waals surface area contributed by atoms with Gasteiger partial charge in [-0.3, -0.25) is 14.9 Å². The second-order valence-electron chi connectivity index (χ2n) is 6.16. The van der Waals surface area contributed by atoms with Crippen LogP contribution in [0.3, 0.4) is 0 Å². The molecule has 0 fully saturated rings. The minimum Gasteiger partial charge on any atom is -0.325 e. The number of nitro groups is 1. The quantitative estimate of drug-likeness (QED) is 0.207. The van der Waals surface area contributed by atoms with Crippen LogP contribution in [0, 0.1) is 10.1 Å². The van der Waals surface area contributed by atoms with Gasteiger partial charge in [0.1, 0.15) is 0 Å². The summed E-state index contributed by atoms with van der Waals surface area (Å²) in [5.74, 6) is 0.203. The number of amides is 1. The third-order valence-electron chi connectivity index (χ3n) is 4.02. The van der Waals surface area contributed by atoms with E-state index in [0.29, 0.717) is 5.75 Å². The minimum absolute atomic E-state index is 0.0705. The summed E-state index contributed by atoms with van der Waals surface area (Å²) in [5, 5.41) is 13.6. The number of aromatic nitrogens is 1. The summed E-state index contributed by atoms with van der Waals surface area (Å²) in [6.07, 6.45) is 0. The highest BCUT2D eigenvalue weighted by Gasteiger charge is 2.09. The number of nitro benzene ring substituents is 1. The highest BCUT2D eigenvalue weighted by Crippen LogP contribution is 2.31. The monoisotopic (exact) mass is 453 g/mol. The van der Waals surface area contributed by atoms with Crippen molar-refractivity contribution in [2.75, 3.05) is 11.1 Å². The average molecular weight is 454 g/mol. The molecule has 0 aliphatic carbocycles. The molecule has 4 rings (SSSR count). The van der Waals surface area contributed by atoms with E-state index in [9.17, 15) is 14.9 Å². The molecule has 1 aromatic heterocycles. The fraction of sp³-hybridized carbons (Fsp3) is 0.0476. The Morgan fingerprint density at radius 2 is 1.67 bits per heavy atom. The molecule has 0 saturated carbocycles. The number of nitrogens with zero attached hydrogens (tertiary/aromatic N) is 2. The van der Waals surface area contributed by atoms with Gasteiger partial charge in [0.25, 0.3) is 5.69 Å². The van der Waals surface area contributed by atoms with Gasteiger partial charge in [-0.25, -0.2) is 4.98 Å². The van der Waals surface area contributed by atoms with Crippen LogP contribution in [0.25, 0.3) is 10.2 Å². The highest BCUT2D eigenvalue weighted by atomic mass is 32.2. The van der Waals surface area contributed by atoms with E-state index < -0.39 is 4.92 Å². The molecule has 4 aromatic rings. The van der Waals surface area contributed by atoms with E-state index >= 15 is 0 Å². The molecule has 1 heterocycles. The third-order valence-corrected chi connectivity index (χ3v) is 7.22. The van der Waals surface area contributed by atoms with E-state index in [1.165, 1.54) is 35.7 Å². The molecule has 0 spiro atoms. The molecule has 0 unspecified atom stereocenters. The predicted octanol–water partition coefficient (Wildman–Crippen LogP) is 6.09. The normalized spacial score (nSPS) is 10.8. The first-order chi connectivity index (χ1) is 14.6. The summed E-state index contributed by atoms with van der Waals surface area (Å²) in [6, 6.07) is 21.8. The fourth-order valence-electron chi connectivity index (χ4n) is 2.62. The van der Waals surface area contributed by atoms with Gasteiger partial charge in [-0.1, -0.05) is 35.7 Å². The number of thioether (sulfide) groups is 1. The van der Waals surface area contributed by atoms with Crippen LogP contribution in [0.1, 0.15) is 0 Å². The molecule has 0 radical (unpaired) electrons. The molecule has 6 nitrogen and oxygen atoms in total. The smallest absolute Gasteiger partial charge is 0.269 e. The Balaban J connectivity index is 1.30. The predicted molar refractivity (Wildman–Crippen MR) is 123 cm³/mol. The molecule has 0 aliphatic rings. The van der Waals surface area contributed by atoms with Crippen LogP contribution in [-0.2, 0) is 4.79 Å². The average Bonchev–Trinajstić information content (AvgIpc) is 3.17. The lowest BCUT2D eigenvalue weighted by molar-refractivity contribution is -0.384. The van der Waals surface area contributed by atoms with Gasteiger partial charge >= 0.3 is 0 Å². The number of hydrogen-bond donors (Lipinski definition) is 1. The largest absolute Gasteiger partial charge is 0.325 e. The Morgan fingerprint density at radius 3 is 2.33 bits per heavy atom. The first kappa shape index (κ1) is 20.4. The lowest BCUT2D eigenvalue weighted by Crippen LogP contribution is -2.13. The summed E-state index contributed by atoms with van der Waals surface area (Å²) in [4.78, 5) is 29.0. The van der Waals surface area contributed by atoms with Crippen LogP contribution in [-0.4, -0.2) is 21.6 Å². The summed E-state index contributed by atoms with van der Waals surface area (Å²) >= 11 is 4.51. The number of carbonyl (C=O) groups is 1. The van der Waals surface area contributed by atoms with E-state index in [1.807, 2.05) is 48.5 Å². The summed E-state index contributed by atoms with van der Waals surface area (Å²) in [7, 11) is 0. The second-order valence-corrected chi connectivity index (χ2v) is 9.56. The molecule has 9 heteroatoms. The maximum atomic E-state index is 12.2. The van der Waals surface area contributed by atoms with Crippen LogP contribution in [0.4, 0.5) is 11.4 Å². The third kappa shape index (κ3) is 5.18. The number of fused-ring (bicyclic) bond motifs is 1. The van der Waals surface area contributed by atoms with Crippen molar-refractivity contribution in [1.29, 1.82) is 0 Å². The molecular weight excluding hydrogens is 438 g/mol. The Morgan fingerprint density at radius 1 is 1.00 bits per heavy atom. The molecule has 0 bridgehead atoms. The van der Waals surface area contributed by atoms with E-state index in [1.54, 1.807) is 23.5 Å². The molecule has 3 aromatic carbocycles. The van der Waals surface area contributed by atoms with Gasteiger partial charge < -0.3 is 5.32 Å². The Bertz CT molecular complexity index is 1160. The van der Waals surface area contributed by atoms with Gasteiger partial charge in [-0.05, 0) is 48.5 Å². The zero-order chi connectivity index (χ0) is 20.9. The molecule has 0 atom stereocenters. The van der Waals surface area contributed by atoms with Crippen LogP contribution < -0.4 is 5.32 Å². The lowest BCUT2D eigenvalue weighted by Gasteiger charge is -2.06. The van der Waals surface area contributed by atoms with Crippen molar-refractivity contribution >= 4 is 62.4 Å². The molecule has 1 N–H and O–H groups in total. The number of hydrogen-bond acceptors (Lipinski definition) is 7. The standard InChI is InChI=1S/C21H15N3O3S3/c25-20(13-28-21-23-18-3-1-2-4-19(18)30-21)22-14-5-9-16(10-6-14)29-17-11-7-15(8-12-17)24(26)27/h1-12H,13H2,(H,22,25). The van der Waals surface area contributed by atoms with Gasteiger partial charge in [0, 0.05) is 27.6 Å². The second kappa shape index (κ2) is 9.29. The van der Waals surface area contributed by atoms with Gasteiger partial charge in [-0.2, -0.15) is 0 Å². The van der Waals surface area contributed by atoms with Gasteiger partial charge in [-0.15, -0.1) is 11.3 Å². The lowest BCUT2D eigenvalue weighted by atomic mass is 10.3. The summed E-state index contributed by atoms with van der Waals surface area (Å²) in [5.41, 5.74) is 1.74. The number of carbonyl (C=O) groups excluding carboxylic acids is 1. The SMILES string of the molecule is O=C(CSc1nc2ccccc2s1)Nc1ccc(Sc2ccc([N+](=O)[O-])cc2)cc1. The van der Waals surface area contributed by atoms with Crippen LogP contribution in [0.5, 0.6) is 0 Å². The Labute approximate surface area is 184 Å². The number of anilines is 1. The van der Waals surface area contributed by atoms with Crippen LogP contribution >= 0.6 is 34.9 Å². The Kier molecular flexibility index (Phi) is 6.32. The van der Waals surface area contributed by atoms with Crippen molar-refractivity contribution in [2.45, 2.75) is 14.1 Å². The van der Waals surface area contributed by atoms with Crippen LogP contribution in [0.15, 0.2) is 86.9 Å². The number of thiazole rings is 1. The zero-order valence-corrected chi connectivity index (χ0v) is 17.9. The van der Waals surface area contributed by atoms with E-state index in [2.05, 4.69) is 10.3 Å². The van der Waals surface area contributed by atoms with E-state index in [-0.39, 0.29) is 11.6 Å².